The number of anilines is 2. The number of hydrogen-bond acceptors (Lipinski definition) is 8. The monoisotopic (exact) mass is 509 g/mol. The van der Waals surface area contributed by atoms with Gasteiger partial charge in [0.25, 0.3) is 0 Å². The molecular formula is C26H27FN10. The van der Waals surface area contributed by atoms with E-state index < -0.39 is 56.0 Å². The number of benzene rings is 1. The molecule has 1 fully saturated rings. The lowest BCUT2D eigenvalue weighted by molar-refractivity contribution is 0.585. The molecule has 6 rings (SSSR count). The average molecular weight is 510 g/mol. The first kappa shape index (κ1) is 13.8. The number of fused-ring (bicyclic) bond motifs is 1. The molecule has 2 N–H and O–H groups in total. The van der Waals surface area contributed by atoms with Crippen LogP contribution < -0.4 is 15.5 Å². The van der Waals surface area contributed by atoms with Crippen LogP contribution in [0, 0.1) is 5.82 Å². The third-order valence-corrected chi connectivity index (χ3v) is 5.78. The summed E-state index contributed by atoms with van der Waals surface area (Å²) in [5.41, 5.74) is 5.09. The molecule has 10 nitrogen and oxygen atoms in total. The van der Waals surface area contributed by atoms with Crippen LogP contribution in [-0.4, -0.2) is 60.3 Å². The molecule has 37 heavy (non-hydrogen) atoms. The van der Waals surface area contributed by atoms with Crippen molar-refractivity contribution >= 4 is 17.3 Å². The second-order valence-corrected chi connectivity index (χ2v) is 8.25. The highest BCUT2D eigenvalue weighted by Crippen LogP contribution is 2.29. The lowest BCUT2D eigenvalue weighted by Gasteiger charge is -2.35. The van der Waals surface area contributed by atoms with Crippen molar-refractivity contribution in [3.8, 4) is 11.1 Å². The maximum Gasteiger partial charge on any atom is 0.225 e. The van der Waals surface area contributed by atoms with Crippen LogP contribution in [0.2, 0.25) is 0 Å². The minimum absolute atomic E-state index is 0.0274. The molecule has 5 heterocycles. The minimum Gasteiger partial charge on any atom is -0.351 e. The molecule has 188 valence electrons. The van der Waals surface area contributed by atoms with Gasteiger partial charge in [-0.3, -0.25) is 4.68 Å². The Kier molecular flexibility index (Phi) is 3.33. The first-order valence-corrected chi connectivity index (χ1v) is 11.0. The Bertz CT molecular complexity index is 1970. The maximum atomic E-state index is 13.6. The summed E-state index contributed by atoms with van der Waals surface area (Å²) in [6, 6.07) is 5.89. The molecule has 0 radical (unpaired) electrons. The van der Waals surface area contributed by atoms with E-state index in [0.717, 1.165) is 30.9 Å². The fourth-order valence-electron chi connectivity index (χ4n) is 3.80. The van der Waals surface area contributed by atoms with Gasteiger partial charge in [-0.25, -0.2) is 23.9 Å². The Morgan fingerprint density at radius 2 is 1.65 bits per heavy atom. The second kappa shape index (κ2) is 8.93. The van der Waals surface area contributed by atoms with Crippen LogP contribution in [0.5, 0.6) is 0 Å². The summed E-state index contributed by atoms with van der Waals surface area (Å²) in [5, 5.41) is 8.23. The molecule has 0 unspecified atom stereocenters. The average Bonchev–Trinajstić information content (AvgIpc) is 3.63. The smallest absolute Gasteiger partial charge is 0.225 e. The van der Waals surface area contributed by atoms with Gasteiger partial charge in [-0.05, 0) is 30.6 Å². The standard InChI is InChI=1S/C26H27FN10/c1-26(28,20-3-5-22(27)6-4-20)21-13-29-25(30-14-21)36-9-7-35(8-10-36)24-23-11-18(16-37(23)33-17-31-24)19-12-32-34(2)15-19/h3-6,11-17H,7-10,28H2,1-2H3/t26-/m1/s1/i1D3,7D2,8D2,9D2,10D2. The second-order valence-electron chi connectivity index (χ2n) is 8.25. The molecule has 11 heteroatoms. The van der Waals surface area contributed by atoms with Gasteiger partial charge in [0.2, 0.25) is 5.95 Å². The largest absolute Gasteiger partial charge is 0.351 e. The number of aryl methyl sites for hydroxylation is 1. The third kappa shape index (κ3) is 4.27. The highest BCUT2D eigenvalue weighted by Gasteiger charge is 2.26. The molecule has 0 amide bonds. The molecule has 1 aliphatic heterocycles. The van der Waals surface area contributed by atoms with E-state index in [1.807, 2.05) is 0 Å². The van der Waals surface area contributed by atoms with Crippen LogP contribution in [-0.2, 0) is 12.6 Å². The van der Waals surface area contributed by atoms with Crippen molar-refractivity contribution in [1.82, 2.24) is 34.3 Å². The molecular weight excluding hydrogens is 471 g/mol. The van der Waals surface area contributed by atoms with Crippen molar-refractivity contribution in [2.24, 2.45) is 12.8 Å². The molecule has 0 spiro atoms. The van der Waals surface area contributed by atoms with Gasteiger partial charge in [-0.15, -0.1) is 0 Å². The van der Waals surface area contributed by atoms with Crippen LogP contribution in [0.1, 0.15) is 33.1 Å². The quantitative estimate of drug-likeness (QED) is 0.385. The summed E-state index contributed by atoms with van der Waals surface area (Å²) in [6.45, 7) is -16.4. The number of rotatable bonds is 5. The van der Waals surface area contributed by atoms with Gasteiger partial charge in [0.1, 0.15) is 17.7 Å². The van der Waals surface area contributed by atoms with Crippen molar-refractivity contribution in [3.63, 3.8) is 0 Å². The van der Waals surface area contributed by atoms with E-state index in [-0.39, 0.29) is 21.5 Å². The van der Waals surface area contributed by atoms with E-state index in [9.17, 15) is 4.39 Å². The van der Waals surface area contributed by atoms with E-state index in [4.69, 9.17) is 20.8 Å². The molecule has 1 atom stereocenters. The first-order valence-electron chi connectivity index (χ1n) is 16.5. The number of nitrogens with two attached hydrogens (primary N) is 1. The zero-order valence-corrected chi connectivity index (χ0v) is 19.3. The van der Waals surface area contributed by atoms with Gasteiger partial charge in [0.15, 0.2) is 5.82 Å². The van der Waals surface area contributed by atoms with Crippen molar-refractivity contribution in [1.29, 1.82) is 0 Å². The molecule has 0 saturated carbocycles. The molecule has 4 aromatic heterocycles. The predicted molar refractivity (Wildman–Crippen MR) is 139 cm³/mol. The lowest BCUT2D eigenvalue weighted by Crippen LogP contribution is -2.47. The Morgan fingerprint density at radius 1 is 0.919 bits per heavy atom. The molecule has 1 aromatic carbocycles. The fraction of sp³-hybridized carbons (Fsp3) is 0.269. The number of hydrogen-bond donors (Lipinski definition) is 1. The van der Waals surface area contributed by atoms with Crippen molar-refractivity contribution in [2.45, 2.75) is 12.4 Å². The highest BCUT2D eigenvalue weighted by molar-refractivity contribution is 5.77. The maximum absolute atomic E-state index is 13.6. The first-order chi connectivity index (χ1) is 22.2. The molecule has 0 bridgehead atoms. The van der Waals surface area contributed by atoms with Crippen LogP contribution in [0.25, 0.3) is 16.6 Å². The van der Waals surface area contributed by atoms with Gasteiger partial charge in [-0.2, -0.15) is 10.2 Å². The summed E-state index contributed by atoms with van der Waals surface area (Å²) < 4.78 is 112. The Morgan fingerprint density at radius 3 is 2.32 bits per heavy atom. The number of aromatic nitrogens is 7. The van der Waals surface area contributed by atoms with Crippen molar-refractivity contribution in [2.75, 3.05) is 35.8 Å². The van der Waals surface area contributed by atoms with E-state index in [0.29, 0.717) is 16.0 Å². The normalized spacial score (nSPS) is 26.0. The molecule has 0 aliphatic carbocycles. The summed E-state index contributed by atoms with van der Waals surface area (Å²) in [5.74, 6) is -1.88. The summed E-state index contributed by atoms with van der Waals surface area (Å²) >= 11 is 0. The van der Waals surface area contributed by atoms with Crippen LogP contribution >= 0.6 is 0 Å². The number of nitrogens with zero attached hydrogens (tertiary/aromatic N) is 9. The van der Waals surface area contributed by atoms with Crippen molar-refractivity contribution < 1.29 is 19.5 Å². The molecule has 5 aromatic rings. The van der Waals surface area contributed by atoms with E-state index in [1.165, 1.54) is 22.7 Å². The van der Waals surface area contributed by atoms with Crippen molar-refractivity contribution in [3.05, 3.63) is 84.6 Å². The van der Waals surface area contributed by atoms with E-state index >= 15 is 0 Å². The third-order valence-electron chi connectivity index (χ3n) is 5.78. The molecule has 1 saturated heterocycles. The lowest BCUT2D eigenvalue weighted by atomic mass is 9.87. The molecule has 1 aliphatic rings. The number of halogens is 1. The van der Waals surface area contributed by atoms with Gasteiger partial charge < -0.3 is 15.5 Å². The Hall–Kier alpha value is -4.38. The summed E-state index contributed by atoms with van der Waals surface area (Å²) in [6.07, 6.45) is 7.63. The predicted octanol–water partition coefficient (Wildman–Crippen LogP) is 2.61. The van der Waals surface area contributed by atoms with E-state index in [1.54, 1.807) is 30.3 Å². The van der Waals surface area contributed by atoms with Gasteiger partial charge >= 0.3 is 0 Å². The number of piperazine rings is 1. The Labute approximate surface area is 228 Å². The fourth-order valence-corrected chi connectivity index (χ4v) is 3.80. The topological polar surface area (TPSA) is 106 Å². The van der Waals surface area contributed by atoms with Gasteiger partial charge in [0.05, 0.1) is 22.7 Å². The van der Waals surface area contributed by atoms with Gasteiger partial charge in [0, 0.05) is 78.6 Å². The zero-order chi connectivity index (χ0) is 35.2. The Balaban J connectivity index is 1.46. The summed E-state index contributed by atoms with van der Waals surface area (Å²) in [7, 11) is 1.71. The highest BCUT2D eigenvalue weighted by atomic mass is 19.1. The van der Waals surface area contributed by atoms with Crippen LogP contribution in [0.4, 0.5) is 16.2 Å². The minimum atomic E-state index is -3.40. The van der Waals surface area contributed by atoms with Crippen LogP contribution in [0.15, 0.2) is 67.6 Å². The zero-order valence-electron chi connectivity index (χ0n) is 30.3. The van der Waals surface area contributed by atoms with E-state index in [2.05, 4.69) is 25.1 Å². The SMILES string of the molecule is [2H]C1([2H])N(c2ncc([C@](N)(c3ccc(F)cc3)C([2H])([2H])[2H])cn2)C([2H])([2H])C([2H])([2H])N(c2ncnn3cc(-c4cnn(C)c4)cc23)C1([2H])[2H]. The van der Waals surface area contributed by atoms with Crippen LogP contribution in [0.3, 0.4) is 0 Å². The van der Waals surface area contributed by atoms with Gasteiger partial charge in [-0.1, -0.05) is 12.1 Å². The summed E-state index contributed by atoms with van der Waals surface area (Å²) in [4.78, 5) is 12.5.